The number of pyridine rings is 1. The smallest absolute Gasteiger partial charge is 0.123 e. The monoisotopic (exact) mass is 387 g/mol. The second-order valence-corrected chi connectivity index (χ2v) is 7.77. The number of aromatic nitrogens is 2. The molecule has 0 bridgehead atoms. The third kappa shape index (κ3) is 3.75. The Bertz CT molecular complexity index is 1160. The van der Waals surface area contributed by atoms with Gasteiger partial charge in [-0.3, -0.25) is 4.98 Å². The summed E-state index contributed by atoms with van der Waals surface area (Å²) in [4.78, 5) is 6.83. The van der Waals surface area contributed by atoms with Gasteiger partial charge in [0.15, 0.2) is 0 Å². The van der Waals surface area contributed by atoms with E-state index in [1.807, 2.05) is 13.2 Å². The molecule has 0 aliphatic carbocycles. The minimum Gasteiger partial charge on any atom is -0.369 e. The standard InChI is InChI=1S/C25H26FN3/c1-17-6-5-7-20(14-17)15-29-19(3)18(2)23-12-13-27-24(25(23)29)16-28(4)22-10-8-21(26)9-11-22/h5-14H,15-16H2,1-4H3. The van der Waals surface area contributed by atoms with Gasteiger partial charge in [-0.1, -0.05) is 29.8 Å². The summed E-state index contributed by atoms with van der Waals surface area (Å²) < 4.78 is 15.7. The van der Waals surface area contributed by atoms with Gasteiger partial charge in [-0.25, -0.2) is 4.39 Å². The molecule has 4 aromatic rings. The van der Waals surface area contributed by atoms with Crippen LogP contribution in [-0.4, -0.2) is 16.6 Å². The highest BCUT2D eigenvalue weighted by Crippen LogP contribution is 2.29. The Hall–Kier alpha value is -3.14. The Morgan fingerprint density at radius 3 is 2.48 bits per heavy atom. The molecule has 3 nitrogen and oxygen atoms in total. The van der Waals surface area contributed by atoms with Crippen LogP contribution in [0.15, 0.2) is 60.8 Å². The average Bonchev–Trinajstić information content (AvgIpc) is 2.94. The lowest BCUT2D eigenvalue weighted by Crippen LogP contribution is -2.18. The first-order chi connectivity index (χ1) is 13.9. The first kappa shape index (κ1) is 19.2. The third-order valence-corrected chi connectivity index (χ3v) is 5.70. The largest absolute Gasteiger partial charge is 0.369 e. The predicted octanol–water partition coefficient (Wildman–Crippen LogP) is 5.79. The number of benzene rings is 2. The summed E-state index contributed by atoms with van der Waals surface area (Å²) in [7, 11) is 2.02. The van der Waals surface area contributed by atoms with Gasteiger partial charge < -0.3 is 9.47 Å². The van der Waals surface area contributed by atoms with Crippen LogP contribution in [0.25, 0.3) is 10.9 Å². The van der Waals surface area contributed by atoms with Gasteiger partial charge in [0, 0.05) is 36.6 Å². The number of aryl methyl sites for hydroxylation is 2. The number of hydrogen-bond donors (Lipinski definition) is 0. The fraction of sp³-hybridized carbons (Fsp3) is 0.240. The molecule has 4 heteroatoms. The van der Waals surface area contributed by atoms with Gasteiger partial charge in [-0.2, -0.15) is 0 Å². The Kier molecular flexibility index (Phi) is 5.10. The summed E-state index contributed by atoms with van der Waals surface area (Å²) in [5.74, 6) is -0.222. The zero-order chi connectivity index (χ0) is 20.5. The molecule has 0 fully saturated rings. The molecule has 2 aromatic heterocycles. The van der Waals surface area contributed by atoms with Crippen molar-refractivity contribution in [2.75, 3.05) is 11.9 Å². The molecule has 0 aliphatic heterocycles. The minimum atomic E-state index is -0.222. The highest BCUT2D eigenvalue weighted by molar-refractivity contribution is 5.87. The molecule has 29 heavy (non-hydrogen) atoms. The van der Waals surface area contributed by atoms with E-state index in [0.29, 0.717) is 6.54 Å². The summed E-state index contributed by atoms with van der Waals surface area (Å²) in [6.45, 7) is 7.95. The SMILES string of the molecule is Cc1cccc(Cn2c(C)c(C)c3ccnc(CN(C)c4ccc(F)cc4)c32)c1. The quantitative estimate of drug-likeness (QED) is 0.432. The highest BCUT2D eigenvalue weighted by atomic mass is 19.1. The molecule has 0 saturated carbocycles. The van der Waals surface area contributed by atoms with Gasteiger partial charge in [0.2, 0.25) is 0 Å². The van der Waals surface area contributed by atoms with Crippen LogP contribution in [0.3, 0.4) is 0 Å². The third-order valence-electron chi connectivity index (χ3n) is 5.70. The predicted molar refractivity (Wildman–Crippen MR) is 118 cm³/mol. The number of halogens is 1. The Morgan fingerprint density at radius 2 is 1.76 bits per heavy atom. The van der Waals surface area contributed by atoms with Crippen LogP contribution in [-0.2, 0) is 13.1 Å². The van der Waals surface area contributed by atoms with E-state index in [0.717, 1.165) is 17.9 Å². The number of fused-ring (bicyclic) bond motifs is 1. The van der Waals surface area contributed by atoms with Crippen molar-refractivity contribution in [2.45, 2.75) is 33.9 Å². The lowest BCUT2D eigenvalue weighted by Gasteiger charge is -2.20. The summed E-state index contributed by atoms with van der Waals surface area (Å²) in [5.41, 5.74) is 8.28. The van der Waals surface area contributed by atoms with Crippen LogP contribution in [0.1, 0.15) is 28.1 Å². The molecular formula is C25H26FN3. The van der Waals surface area contributed by atoms with E-state index < -0.39 is 0 Å². The van der Waals surface area contributed by atoms with Crippen molar-refractivity contribution in [3.63, 3.8) is 0 Å². The molecule has 0 amide bonds. The fourth-order valence-electron chi connectivity index (χ4n) is 3.98. The normalized spacial score (nSPS) is 11.2. The maximum atomic E-state index is 13.3. The highest BCUT2D eigenvalue weighted by Gasteiger charge is 2.17. The Labute approximate surface area is 171 Å². The molecule has 0 spiro atoms. The molecule has 0 unspecified atom stereocenters. The van der Waals surface area contributed by atoms with Crippen molar-refractivity contribution >= 4 is 16.6 Å². The number of hydrogen-bond acceptors (Lipinski definition) is 2. The van der Waals surface area contributed by atoms with Crippen LogP contribution in [0.5, 0.6) is 0 Å². The van der Waals surface area contributed by atoms with Crippen molar-refractivity contribution < 1.29 is 4.39 Å². The minimum absolute atomic E-state index is 0.222. The van der Waals surface area contributed by atoms with E-state index in [2.05, 4.69) is 60.6 Å². The van der Waals surface area contributed by atoms with Crippen LogP contribution in [0, 0.1) is 26.6 Å². The first-order valence-corrected chi connectivity index (χ1v) is 9.89. The van der Waals surface area contributed by atoms with Gasteiger partial charge >= 0.3 is 0 Å². The second-order valence-electron chi connectivity index (χ2n) is 7.77. The van der Waals surface area contributed by atoms with Crippen LogP contribution in [0.2, 0.25) is 0 Å². The van der Waals surface area contributed by atoms with E-state index in [1.165, 1.54) is 45.4 Å². The van der Waals surface area contributed by atoms with E-state index in [4.69, 9.17) is 4.98 Å². The summed E-state index contributed by atoms with van der Waals surface area (Å²) in [6.07, 6.45) is 1.89. The maximum Gasteiger partial charge on any atom is 0.123 e. The number of anilines is 1. The van der Waals surface area contributed by atoms with Crippen molar-refractivity contribution in [1.82, 2.24) is 9.55 Å². The lowest BCUT2D eigenvalue weighted by molar-refractivity contribution is 0.627. The molecule has 2 heterocycles. The molecule has 0 radical (unpaired) electrons. The van der Waals surface area contributed by atoms with E-state index in [-0.39, 0.29) is 5.82 Å². The van der Waals surface area contributed by atoms with Gasteiger partial charge in [-0.15, -0.1) is 0 Å². The van der Waals surface area contributed by atoms with Crippen molar-refractivity contribution in [1.29, 1.82) is 0 Å². The Balaban J connectivity index is 1.76. The summed E-state index contributed by atoms with van der Waals surface area (Å²) in [5, 5.41) is 1.24. The number of nitrogens with zero attached hydrogens (tertiary/aromatic N) is 3. The second kappa shape index (κ2) is 7.70. The van der Waals surface area contributed by atoms with Gasteiger partial charge in [0.05, 0.1) is 17.8 Å². The number of rotatable bonds is 5. The van der Waals surface area contributed by atoms with E-state index >= 15 is 0 Å². The molecule has 0 aliphatic rings. The molecule has 0 N–H and O–H groups in total. The molecular weight excluding hydrogens is 361 g/mol. The van der Waals surface area contributed by atoms with Gasteiger partial charge in [0.25, 0.3) is 0 Å². The topological polar surface area (TPSA) is 21.1 Å². The summed E-state index contributed by atoms with van der Waals surface area (Å²) >= 11 is 0. The zero-order valence-corrected chi connectivity index (χ0v) is 17.4. The maximum absolute atomic E-state index is 13.3. The fourth-order valence-corrected chi connectivity index (χ4v) is 3.98. The zero-order valence-electron chi connectivity index (χ0n) is 17.4. The molecule has 2 aromatic carbocycles. The first-order valence-electron chi connectivity index (χ1n) is 9.89. The van der Waals surface area contributed by atoms with Crippen LogP contribution < -0.4 is 4.90 Å². The van der Waals surface area contributed by atoms with Gasteiger partial charge in [0.1, 0.15) is 5.82 Å². The van der Waals surface area contributed by atoms with Crippen molar-refractivity contribution in [3.05, 3.63) is 94.7 Å². The summed E-state index contributed by atoms with van der Waals surface area (Å²) in [6, 6.07) is 17.3. The van der Waals surface area contributed by atoms with Crippen LogP contribution in [0.4, 0.5) is 10.1 Å². The molecule has 4 rings (SSSR count). The average molecular weight is 388 g/mol. The van der Waals surface area contributed by atoms with E-state index in [1.54, 1.807) is 12.1 Å². The van der Waals surface area contributed by atoms with Crippen molar-refractivity contribution in [3.8, 4) is 0 Å². The molecule has 0 atom stereocenters. The molecule has 0 saturated heterocycles. The van der Waals surface area contributed by atoms with Gasteiger partial charge in [-0.05, 0) is 62.2 Å². The lowest BCUT2D eigenvalue weighted by atomic mass is 10.1. The van der Waals surface area contributed by atoms with Crippen molar-refractivity contribution in [2.24, 2.45) is 0 Å². The van der Waals surface area contributed by atoms with E-state index in [9.17, 15) is 4.39 Å². The van der Waals surface area contributed by atoms with Crippen LogP contribution >= 0.6 is 0 Å². The Morgan fingerprint density at radius 1 is 1.00 bits per heavy atom. The molecule has 148 valence electrons.